The summed E-state index contributed by atoms with van der Waals surface area (Å²) in [5.74, 6) is 0.653. The molecule has 0 atom stereocenters. The molecule has 0 saturated heterocycles. The first-order chi connectivity index (χ1) is 6.45. The molecule has 14 heavy (non-hydrogen) atoms. The standard InChI is InChI=1S/C10H22N2OSi/c1-6-11-10(2)12-9-13-7-8-14(3,4)5/h6,12H,2,7-9H2,1,3-5H3/b11-6-. The summed E-state index contributed by atoms with van der Waals surface area (Å²) >= 11 is 0. The van der Waals surface area contributed by atoms with Crippen molar-refractivity contribution in [2.45, 2.75) is 32.6 Å². The minimum Gasteiger partial charge on any atom is -0.362 e. The maximum atomic E-state index is 5.42. The van der Waals surface area contributed by atoms with Crippen LogP contribution in [-0.4, -0.2) is 27.6 Å². The SMILES string of the molecule is C=C(/N=C\C)NCOCC[Si](C)(C)C. The lowest BCUT2D eigenvalue weighted by Gasteiger charge is -2.15. The normalized spacial score (nSPS) is 12.0. The van der Waals surface area contributed by atoms with Crippen LogP contribution < -0.4 is 5.32 Å². The summed E-state index contributed by atoms with van der Waals surface area (Å²) in [7, 11) is -0.954. The van der Waals surface area contributed by atoms with Gasteiger partial charge in [0.2, 0.25) is 0 Å². The Morgan fingerprint density at radius 1 is 1.50 bits per heavy atom. The van der Waals surface area contributed by atoms with Crippen molar-refractivity contribution in [2.24, 2.45) is 4.99 Å². The van der Waals surface area contributed by atoms with E-state index < -0.39 is 8.07 Å². The molecule has 0 radical (unpaired) electrons. The van der Waals surface area contributed by atoms with Crippen LogP contribution in [0.5, 0.6) is 0 Å². The summed E-state index contributed by atoms with van der Waals surface area (Å²) in [4.78, 5) is 3.97. The van der Waals surface area contributed by atoms with Crippen molar-refractivity contribution in [3.63, 3.8) is 0 Å². The molecule has 0 aromatic rings. The van der Waals surface area contributed by atoms with Crippen LogP contribution in [0.15, 0.2) is 17.4 Å². The zero-order valence-electron chi connectivity index (χ0n) is 9.76. The van der Waals surface area contributed by atoms with E-state index in [1.54, 1.807) is 6.21 Å². The van der Waals surface area contributed by atoms with Gasteiger partial charge in [-0.3, -0.25) is 0 Å². The number of nitrogens with zero attached hydrogens (tertiary/aromatic N) is 1. The van der Waals surface area contributed by atoms with E-state index in [1.165, 1.54) is 6.04 Å². The molecule has 1 N–H and O–H groups in total. The Balaban J connectivity index is 3.35. The van der Waals surface area contributed by atoms with E-state index in [1.807, 2.05) is 6.92 Å². The first kappa shape index (κ1) is 13.4. The van der Waals surface area contributed by atoms with Crippen molar-refractivity contribution in [1.29, 1.82) is 0 Å². The Kier molecular flexibility index (Phi) is 6.49. The van der Waals surface area contributed by atoms with Gasteiger partial charge in [-0.2, -0.15) is 0 Å². The minimum atomic E-state index is -0.954. The molecule has 3 nitrogen and oxygen atoms in total. The molecule has 0 aliphatic carbocycles. The topological polar surface area (TPSA) is 33.6 Å². The molecular formula is C10H22N2OSi. The number of aliphatic imine (C=N–C) groups is 1. The monoisotopic (exact) mass is 214 g/mol. The molecule has 0 fully saturated rings. The van der Waals surface area contributed by atoms with Gasteiger partial charge < -0.3 is 10.1 Å². The van der Waals surface area contributed by atoms with Crippen LogP contribution in [0.3, 0.4) is 0 Å². The second kappa shape index (κ2) is 6.78. The highest BCUT2D eigenvalue weighted by Crippen LogP contribution is 2.07. The lowest BCUT2D eigenvalue weighted by atomic mass is 10.7. The van der Waals surface area contributed by atoms with Crippen molar-refractivity contribution >= 4 is 14.3 Å². The fourth-order valence-corrected chi connectivity index (χ4v) is 1.54. The van der Waals surface area contributed by atoms with E-state index in [2.05, 4.69) is 36.5 Å². The zero-order chi connectivity index (χ0) is 11.0. The van der Waals surface area contributed by atoms with Crippen molar-refractivity contribution < 1.29 is 4.74 Å². The molecule has 4 heteroatoms. The van der Waals surface area contributed by atoms with Gasteiger partial charge in [-0.25, -0.2) is 4.99 Å². The quantitative estimate of drug-likeness (QED) is 0.306. The zero-order valence-corrected chi connectivity index (χ0v) is 10.8. The fourth-order valence-electron chi connectivity index (χ4n) is 0.786. The van der Waals surface area contributed by atoms with Gasteiger partial charge in [-0.15, -0.1) is 0 Å². The fraction of sp³-hybridized carbons (Fsp3) is 0.700. The van der Waals surface area contributed by atoms with Gasteiger partial charge in [0.15, 0.2) is 0 Å². The number of nitrogens with one attached hydrogen (secondary N) is 1. The van der Waals surface area contributed by atoms with Gasteiger partial charge in [0, 0.05) is 20.9 Å². The van der Waals surface area contributed by atoms with Gasteiger partial charge in [-0.1, -0.05) is 26.2 Å². The van der Waals surface area contributed by atoms with Crippen LogP contribution in [0.1, 0.15) is 6.92 Å². The average Bonchev–Trinajstić information content (AvgIpc) is 2.02. The summed E-state index contributed by atoms with van der Waals surface area (Å²) in [6.45, 7) is 13.9. The van der Waals surface area contributed by atoms with Crippen molar-refractivity contribution in [2.75, 3.05) is 13.3 Å². The molecular weight excluding hydrogens is 192 g/mol. The third kappa shape index (κ3) is 9.47. The molecule has 0 rings (SSSR count). The molecule has 0 unspecified atom stereocenters. The molecule has 0 aromatic carbocycles. The van der Waals surface area contributed by atoms with Gasteiger partial charge >= 0.3 is 0 Å². The van der Waals surface area contributed by atoms with E-state index >= 15 is 0 Å². The molecule has 0 aliphatic heterocycles. The third-order valence-corrected chi connectivity index (χ3v) is 3.36. The molecule has 0 aromatic heterocycles. The summed E-state index contributed by atoms with van der Waals surface area (Å²) in [6.07, 6.45) is 1.71. The lowest BCUT2D eigenvalue weighted by molar-refractivity contribution is 0.135. The smallest absolute Gasteiger partial charge is 0.119 e. The number of hydrogen-bond donors (Lipinski definition) is 1. The minimum absolute atomic E-state index is 0.501. The molecule has 0 saturated carbocycles. The highest BCUT2D eigenvalue weighted by atomic mass is 28.3. The molecule has 82 valence electrons. The Labute approximate surface area is 88.3 Å². The second-order valence-electron chi connectivity index (χ2n) is 4.37. The van der Waals surface area contributed by atoms with E-state index in [4.69, 9.17) is 4.74 Å². The highest BCUT2D eigenvalue weighted by molar-refractivity contribution is 6.76. The van der Waals surface area contributed by atoms with E-state index in [0.717, 1.165) is 6.61 Å². The van der Waals surface area contributed by atoms with Crippen LogP contribution in [0.2, 0.25) is 25.7 Å². The van der Waals surface area contributed by atoms with Crippen LogP contribution in [0, 0.1) is 0 Å². The van der Waals surface area contributed by atoms with Gasteiger partial charge in [-0.05, 0) is 13.0 Å². The van der Waals surface area contributed by atoms with Crippen LogP contribution in [0.25, 0.3) is 0 Å². The number of hydrogen-bond acceptors (Lipinski definition) is 3. The Morgan fingerprint density at radius 3 is 2.64 bits per heavy atom. The van der Waals surface area contributed by atoms with Gasteiger partial charge in [0.1, 0.15) is 12.6 Å². The van der Waals surface area contributed by atoms with Gasteiger partial charge in [0.05, 0.1) is 0 Å². The Bertz CT molecular complexity index is 197. The van der Waals surface area contributed by atoms with Crippen molar-refractivity contribution in [3.8, 4) is 0 Å². The summed E-state index contributed by atoms with van der Waals surface area (Å²) in [6, 6.07) is 1.19. The molecule has 0 heterocycles. The highest BCUT2D eigenvalue weighted by Gasteiger charge is 2.11. The third-order valence-electron chi connectivity index (χ3n) is 1.66. The molecule has 0 aliphatic rings. The molecule has 0 amide bonds. The van der Waals surface area contributed by atoms with Crippen molar-refractivity contribution in [1.82, 2.24) is 5.32 Å². The molecule has 0 bridgehead atoms. The first-order valence-electron chi connectivity index (χ1n) is 4.95. The Hall–Kier alpha value is -0.613. The van der Waals surface area contributed by atoms with Crippen LogP contribution in [0.4, 0.5) is 0 Å². The summed E-state index contributed by atoms with van der Waals surface area (Å²) in [5, 5.41) is 2.97. The van der Waals surface area contributed by atoms with Crippen molar-refractivity contribution in [3.05, 3.63) is 12.4 Å². The van der Waals surface area contributed by atoms with Crippen LogP contribution in [-0.2, 0) is 4.74 Å². The first-order valence-corrected chi connectivity index (χ1v) is 8.65. The summed E-state index contributed by atoms with van der Waals surface area (Å²) in [5.41, 5.74) is 0. The Morgan fingerprint density at radius 2 is 2.14 bits per heavy atom. The van der Waals surface area contributed by atoms with E-state index in [9.17, 15) is 0 Å². The lowest BCUT2D eigenvalue weighted by Crippen LogP contribution is -2.24. The van der Waals surface area contributed by atoms with Gasteiger partial charge in [0.25, 0.3) is 0 Å². The largest absolute Gasteiger partial charge is 0.362 e. The van der Waals surface area contributed by atoms with E-state index in [0.29, 0.717) is 12.6 Å². The van der Waals surface area contributed by atoms with E-state index in [-0.39, 0.29) is 0 Å². The van der Waals surface area contributed by atoms with Crippen LogP contribution >= 0.6 is 0 Å². The predicted octanol–water partition coefficient (Wildman–Crippen LogP) is 2.45. The molecule has 0 spiro atoms. The predicted molar refractivity (Wildman–Crippen MR) is 65.4 cm³/mol. The maximum absolute atomic E-state index is 5.42. The number of ether oxygens (including phenoxy) is 1. The summed E-state index contributed by atoms with van der Waals surface area (Å²) < 4.78 is 5.42. The number of rotatable bonds is 7. The average molecular weight is 214 g/mol. The second-order valence-corrected chi connectivity index (χ2v) is 10.00. The maximum Gasteiger partial charge on any atom is 0.119 e.